The van der Waals surface area contributed by atoms with Gasteiger partial charge in [0.25, 0.3) is 0 Å². The summed E-state index contributed by atoms with van der Waals surface area (Å²) in [6.07, 6.45) is 0.690. The Morgan fingerprint density at radius 1 is 1.00 bits per heavy atom. The Morgan fingerprint density at radius 3 is 2.26 bits per heavy atom. The van der Waals surface area contributed by atoms with Crippen LogP contribution in [0.2, 0.25) is 10.0 Å². The summed E-state index contributed by atoms with van der Waals surface area (Å²) in [5, 5.41) is 4.12. The number of nitrogens with zero attached hydrogens (tertiary/aromatic N) is 1. The Bertz CT molecular complexity index is 842. The van der Waals surface area contributed by atoms with E-state index < -0.39 is 6.04 Å². The van der Waals surface area contributed by atoms with Gasteiger partial charge in [0.15, 0.2) is 0 Å². The van der Waals surface area contributed by atoms with Gasteiger partial charge in [0.2, 0.25) is 11.8 Å². The minimum absolute atomic E-state index is 0.0729. The molecule has 1 N–H and O–H groups in total. The Hall–Kier alpha value is -1.69. The molecule has 0 spiro atoms. The van der Waals surface area contributed by atoms with Crippen molar-refractivity contribution in [1.29, 1.82) is 0 Å². The average molecular weight is 481 g/mol. The van der Waals surface area contributed by atoms with E-state index in [-0.39, 0.29) is 17.6 Å². The van der Waals surface area contributed by atoms with Crippen LogP contribution in [-0.4, -0.2) is 41.6 Å². The predicted molar refractivity (Wildman–Crippen MR) is 132 cm³/mol. The Kier molecular flexibility index (Phi) is 10.7. The van der Waals surface area contributed by atoms with Gasteiger partial charge >= 0.3 is 0 Å². The van der Waals surface area contributed by atoms with Gasteiger partial charge in [-0.1, -0.05) is 73.4 Å². The first-order valence-corrected chi connectivity index (χ1v) is 12.3. The van der Waals surface area contributed by atoms with Crippen LogP contribution >= 0.6 is 35.0 Å². The molecule has 2 aromatic rings. The van der Waals surface area contributed by atoms with Crippen LogP contribution in [0.1, 0.15) is 31.9 Å². The van der Waals surface area contributed by atoms with Crippen LogP contribution in [0.4, 0.5) is 0 Å². The van der Waals surface area contributed by atoms with Crippen molar-refractivity contribution in [1.82, 2.24) is 10.2 Å². The predicted octanol–water partition coefficient (Wildman–Crippen LogP) is 5.46. The first kappa shape index (κ1) is 25.6. The molecule has 0 aromatic heterocycles. The lowest BCUT2D eigenvalue weighted by molar-refractivity contribution is -0.138. The molecule has 2 aromatic carbocycles. The summed E-state index contributed by atoms with van der Waals surface area (Å²) in [4.78, 5) is 27.4. The lowest BCUT2D eigenvalue weighted by Gasteiger charge is -2.29. The molecule has 0 saturated heterocycles. The van der Waals surface area contributed by atoms with Crippen molar-refractivity contribution < 1.29 is 9.59 Å². The van der Waals surface area contributed by atoms with Crippen molar-refractivity contribution in [2.24, 2.45) is 5.92 Å². The van der Waals surface area contributed by atoms with E-state index in [1.165, 1.54) is 11.8 Å². The summed E-state index contributed by atoms with van der Waals surface area (Å²) in [6, 6.07) is 14.8. The number of halogens is 2. The van der Waals surface area contributed by atoms with E-state index in [1.54, 1.807) is 30.0 Å². The maximum atomic E-state index is 13.1. The van der Waals surface area contributed by atoms with Gasteiger partial charge in [0.05, 0.1) is 5.75 Å². The summed E-state index contributed by atoms with van der Waals surface area (Å²) in [5.41, 5.74) is 1.95. The molecule has 0 aliphatic rings. The molecule has 0 heterocycles. The first-order chi connectivity index (χ1) is 14.8. The number of hydrogen-bond donors (Lipinski definition) is 1. The van der Waals surface area contributed by atoms with Crippen molar-refractivity contribution in [3.8, 4) is 0 Å². The summed E-state index contributed by atoms with van der Waals surface area (Å²) in [5.74, 6) is 0.925. The molecule has 0 saturated carbocycles. The largest absolute Gasteiger partial charge is 0.354 e. The molecule has 2 amide bonds. The molecular formula is C24H30Cl2N2O2S. The highest BCUT2D eigenvalue weighted by Gasteiger charge is 2.25. The molecule has 1 atom stereocenters. The average Bonchev–Trinajstić information content (AvgIpc) is 2.74. The second-order valence-corrected chi connectivity index (χ2v) is 9.63. The maximum Gasteiger partial charge on any atom is 0.242 e. The van der Waals surface area contributed by atoms with Gasteiger partial charge in [0.1, 0.15) is 6.04 Å². The molecule has 0 bridgehead atoms. The number of rotatable bonds is 11. The van der Waals surface area contributed by atoms with Crippen molar-refractivity contribution in [3.05, 3.63) is 69.7 Å². The Balaban J connectivity index is 2.02. The molecule has 31 heavy (non-hydrogen) atoms. The molecule has 2 rings (SSSR count). The molecule has 0 aliphatic heterocycles. The third kappa shape index (κ3) is 8.40. The van der Waals surface area contributed by atoms with E-state index >= 15 is 0 Å². The van der Waals surface area contributed by atoms with Crippen LogP contribution in [0.5, 0.6) is 0 Å². The van der Waals surface area contributed by atoms with Crippen LogP contribution in [-0.2, 0) is 21.8 Å². The van der Waals surface area contributed by atoms with Gasteiger partial charge in [-0.25, -0.2) is 0 Å². The van der Waals surface area contributed by atoms with Crippen LogP contribution in [0.3, 0.4) is 0 Å². The summed E-state index contributed by atoms with van der Waals surface area (Å²) < 4.78 is 0. The van der Waals surface area contributed by atoms with E-state index in [0.29, 0.717) is 41.2 Å². The lowest BCUT2D eigenvalue weighted by atomic mass is 10.1. The fraction of sp³-hybridized carbons (Fsp3) is 0.417. The number of amides is 2. The molecule has 0 aliphatic carbocycles. The molecule has 7 heteroatoms. The standard InChI is InChI=1S/C24H30Cl2N2O2S/c1-17(2)14-27-24(30)18(3)28(13-12-19-8-5-4-6-9-19)23(29)16-31-15-20-21(25)10-7-11-22(20)26/h4-11,17-18H,12-16H2,1-3H3,(H,27,30)/t18-/m1/s1. The fourth-order valence-electron chi connectivity index (χ4n) is 3.02. The second kappa shape index (κ2) is 13.0. The van der Waals surface area contributed by atoms with E-state index in [9.17, 15) is 9.59 Å². The highest BCUT2D eigenvalue weighted by molar-refractivity contribution is 7.99. The van der Waals surface area contributed by atoms with Crippen molar-refractivity contribution in [3.63, 3.8) is 0 Å². The van der Waals surface area contributed by atoms with Crippen LogP contribution < -0.4 is 5.32 Å². The minimum atomic E-state index is -0.542. The zero-order valence-corrected chi connectivity index (χ0v) is 20.6. The van der Waals surface area contributed by atoms with Gasteiger partial charge in [-0.2, -0.15) is 0 Å². The summed E-state index contributed by atoms with van der Waals surface area (Å²) in [6.45, 7) is 6.93. The summed E-state index contributed by atoms with van der Waals surface area (Å²) in [7, 11) is 0. The lowest BCUT2D eigenvalue weighted by Crippen LogP contribution is -2.50. The Labute approximate surface area is 199 Å². The number of hydrogen-bond acceptors (Lipinski definition) is 3. The van der Waals surface area contributed by atoms with E-state index in [4.69, 9.17) is 23.2 Å². The van der Waals surface area contributed by atoms with E-state index in [1.807, 2.05) is 44.2 Å². The van der Waals surface area contributed by atoms with Crippen LogP contribution in [0.15, 0.2) is 48.5 Å². The summed E-state index contributed by atoms with van der Waals surface area (Å²) >= 11 is 13.9. The van der Waals surface area contributed by atoms with Gasteiger partial charge in [0, 0.05) is 28.9 Å². The monoisotopic (exact) mass is 480 g/mol. The third-order valence-corrected chi connectivity index (χ3v) is 6.52. The Morgan fingerprint density at radius 2 is 1.65 bits per heavy atom. The van der Waals surface area contributed by atoms with Gasteiger partial charge in [-0.05, 0) is 42.5 Å². The minimum Gasteiger partial charge on any atom is -0.354 e. The van der Waals surface area contributed by atoms with Crippen molar-refractivity contribution in [2.75, 3.05) is 18.8 Å². The zero-order valence-electron chi connectivity index (χ0n) is 18.2. The van der Waals surface area contributed by atoms with Crippen molar-refractivity contribution >= 4 is 46.8 Å². The topological polar surface area (TPSA) is 49.4 Å². The van der Waals surface area contributed by atoms with E-state index in [2.05, 4.69) is 5.32 Å². The SMILES string of the molecule is CC(C)CNC(=O)[C@@H](C)N(CCc1ccccc1)C(=O)CSCc1c(Cl)cccc1Cl. The highest BCUT2D eigenvalue weighted by atomic mass is 35.5. The third-order valence-electron chi connectivity index (χ3n) is 4.87. The van der Waals surface area contributed by atoms with Crippen LogP contribution in [0.25, 0.3) is 0 Å². The number of thioether (sulfide) groups is 1. The van der Waals surface area contributed by atoms with E-state index in [0.717, 1.165) is 11.1 Å². The van der Waals surface area contributed by atoms with Crippen molar-refractivity contribution in [2.45, 2.75) is 39.0 Å². The normalized spacial score (nSPS) is 11.9. The molecule has 0 unspecified atom stereocenters. The molecule has 168 valence electrons. The molecule has 4 nitrogen and oxygen atoms in total. The number of carbonyl (C=O) groups excluding carboxylic acids is 2. The molecule has 0 fully saturated rings. The number of benzene rings is 2. The smallest absolute Gasteiger partial charge is 0.242 e. The molecular weight excluding hydrogens is 451 g/mol. The second-order valence-electron chi connectivity index (χ2n) is 7.83. The van der Waals surface area contributed by atoms with Gasteiger partial charge in [-0.15, -0.1) is 11.8 Å². The maximum absolute atomic E-state index is 13.1. The van der Waals surface area contributed by atoms with Crippen LogP contribution in [0, 0.1) is 5.92 Å². The number of nitrogens with one attached hydrogen (secondary N) is 1. The first-order valence-electron chi connectivity index (χ1n) is 10.4. The number of carbonyl (C=O) groups is 2. The highest BCUT2D eigenvalue weighted by Crippen LogP contribution is 2.28. The quantitative estimate of drug-likeness (QED) is 0.464. The molecule has 0 radical (unpaired) electrons. The van der Waals surface area contributed by atoms with Gasteiger partial charge < -0.3 is 10.2 Å². The fourth-order valence-corrected chi connectivity index (χ4v) is 4.66. The van der Waals surface area contributed by atoms with Gasteiger partial charge in [-0.3, -0.25) is 9.59 Å². The zero-order chi connectivity index (χ0) is 22.8.